The highest BCUT2D eigenvalue weighted by Gasteiger charge is 2.28. The van der Waals surface area contributed by atoms with Gasteiger partial charge in [-0.1, -0.05) is 25.4 Å². The summed E-state index contributed by atoms with van der Waals surface area (Å²) in [5.74, 6) is 1.65. The van der Waals surface area contributed by atoms with E-state index in [9.17, 15) is 0 Å². The predicted molar refractivity (Wildman–Crippen MR) is 94.2 cm³/mol. The SMILES string of the molecule is CCCNC1CCC(C)CC1CN(C)Cc1ccc(Cl)s1. The molecule has 0 radical (unpaired) electrons. The van der Waals surface area contributed by atoms with Crippen molar-refractivity contribution in [3.63, 3.8) is 0 Å². The molecule has 0 bridgehead atoms. The molecule has 1 aromatic rings. The Morgan fingerprint density at radius 2 is 2.19 bits per heavy atom. The van der Waals surface area contributed by atoms with Gasteiger partial charge in [-0.3, -0.25) is 0 Å². The molecule has 1 fully saturated rings. The summed E-state index contributed by atoms with van der Waals surface area (Å²) in [6.45, 7) is 8.01. The van der Waals surface area contributed by atoms with E-state index in [0.29, 0.717) is 6.04 Å². The minimum absolute atomic E-state index is 0.704. The van der Waals surface area contributed by atoms with Gasteiger partial charge in [0.2, 0.25) is 0 Å². The highest BCUT2D eigenvalue weighted by atomic mass is 35.5. The lowest BCUT2D eigenvalue weighted by atomic mass is 9.78. The molecule has 2 nitrogen and oxygen atoms in total. The van der Waals surface area contributed by atoms with Crippen LogP contribution in [0.25, 0.3) is 0 Å². The summed E-state index contributed by atoms with van der Waals surface area (Å²) in [4.78, 5) is 3.83. The quantitative estimate of drug-likeness (QED) is 0.784. The van der Waals surface area contributed by atoms with Gasteiger partial charge in [0, 0.05) is 24.0 Å². The summed E-state index contributed by atoms with van der Waals surface area (Å²) in [6, 6.07) is 4.86. The molecule has 4 heteroatoms. The van der Waals surface area contributed by atoms with Crippen molar-refractivity contribution in [2.75, 3.05) is 20.1 Å². The lowest BCUT2D eigenvalue weighted by Crippen LogP contribution is -2.45. The molecular formula is C17H29ClN2S. The standard InChI is InChI=1S/C17H29ClN2S/c1-4-9-19-16-7-5-13(2)10-14(16)11-20(3)12-15-6-8-17(18)21-15/h6,8,13-14,16,19H,4-5,7,9-12H2,1-3H3. The molecule has 2 rings (SSSR count). The molecule has 0 aliphatic heterocycles. The second-order valence-electron chi connectivity index (χ2n) is 6.64. The highest BCUT2D eigenvalue weighted by Crippen LogP contribution is 2.30. The van der Waals surface area contributed by atoms with Gasteiger partial charge in [-0.05, 0) is 63.2 Å². The van der Waals surface area contributed by atoms with Crippen LogP contribution in [0.15, 0.2) is 12.1 Å². The zero-order chi connectivity index (χ0) is 15.2. The molecule has 1 heterocycles. The first-order valence-electron chi connectivity index (χ1n) is 8.24. The van der Waals surface area contributed by atoms with Gasteiger partial charge >= 0.3 is 0 Å². The Labute approximate surface area is 138 Å². The van der Waals surface area contributed by atoms with Crippen molar-refractivity contribution in [1.82, 2.24) is 10.2 Å². The van der Waals surface area contributed by atoms with E-state index in [4.69, 9.17) is 11.6 Å². The van der Waals surface area contributed by atoms with Gasteiger partial charge in [0.15, 0.2) is 0 Å². The first kappa shape index (κ1) is 17.3. The average Bonchev–Trinajstić information content (AvgIpc) is 2.83. The number of thiophene rings is 1. The third-order valence-corrected chi connectivity index (χ3v) is 5.72. The number of rotatable bonds is 7. The lowest BCUT2D eigenvalue weighted by molar-refractivity contribution is 0.158. The molecule has 3 atom stereocenters. The predicted octanol–water partition coefficient (Wildman–Crippen LogP) is 4.64. The summed E-state index contributed by atoms with van der Waals surface area (Å²) in [7, 11) is 2.24. The van der Waals surface area contributed by atoms with Gasteiger partial charge in [0.25, 0.3) is 0 Å². The third-order valence-electron chi connectivity index (χ3n) is 4.50. The molecule has 1 N–H and O–H groups in total. The van der Waals surface area contributed by atoms with Gasteiger partial charge in [-0.15, -0.1) is 11.3 Å². The minimum atomic E-state index is 0.704. The number of nitrogens with zero attached hydrogens (tertiary/aromatic N) is 1. The summed E-state index contributed by atoms with van der Waals surface area (Å²) in [5, 5.41) is 3.77. The Morgan fingerprint density at radius 3 is 2.86 bits per heavy atom. The highest BCUT2D eigenvalue weighted by molar-refractivity contribution is 7.16. The Hall–Kier alpha value is -0.0900. The summed E-state index contributed by atoms with van der Waals surface area (Å²) in [5.41, 5.74) is 0. The Kier molecular flexibility index (Phi) is 7.00. The Morgan fingerprint density at radius 1 is 1.38 bits per heavy atom. The summed E-state index contributed by atoms with van der Waals surface area (Å²) >= 11 is 7.73. The summed E-state index contributed by atoms with van der Waals surface area (Å²) < 4.78 is 0.896. The summed E-state index contributed by atoms with van der Waals surface area (Å²) in [6.07, 6.45) is 5.30. The van der Waals surface area contributed by atoms with Crippen molar-refractivity contribution in [2.24, 2.45) is 11.8 Å². The fraction of sp³-hybridized carbons (Fsp3) is 0.765. The molecule has 0 aromatic carbocycles. The molecule has 0 spiro atoms. The molecule has 1 aliphatic carbocycles. The monoisotopic (exact) mass is 328 g/mol. The van der Waals surface area contributed by atoms with Gasteiger partial charge in [0.1, 0.15) is 0 Å². The molecule has 21 heavy (non-hydrogen) atoms. The van der Waals surface area contributed by atoms with Gasteiger partial charge in [-0.25, -0.2) is 0 Å². The van der Waals surface area contributed by atoms with Crippen molar-refractivity contribution >= 4 is 22.9 Å². The number of nitrogens with one attached hydrogen (secondary N) is 1. The smallest absolute Gasteiger partial charge is 0.0931 e. The van der Waals surface area contributed by atoms with Crippen LogP contribution in [0.5, 0.6) is 0 Å². The van der Waals surface area contributed by atoms with Gasteiger partial charge in [-0.2, -0.15) is 0 Å². The zero-order valence-corrected chi connectivity index (χ0v) is 15.1. The van der Waals surface area contributed by atoms with Crippen LogP contribution in [0.2, 0.25) is 4.34 Å². The molecule has 1 aromatic heterocycles. The van der Waals surface area contributed by atoms with E-state index in [-0.39, 0.29) is 0 Å². The number of hydrogen-bond acceptors (Lipinski definition) is 3. The molecule has 3 unspecified atom stereocenters. The van der Waals surface area contributed by atoms with E-state index in [1.807, 2.05) is 6.07 Å². The van der Waals surface area contributed by atoms with Crippen LogP contribution in [0.1, 0.15) is 44.4 Å². The van der Waals surface area contributed by atoms with Crippen LogP contribution in [0.4, 0.5) is 0 Å². The first-order valence-corrected chi connectivity index (χ1v) is 9.44. The van der Waals surface area contributed by atoms with E-state index in [1.54, 1.807) is 11.3 Å². The molecule has 1 saturated carbocycles. The molecule has 0 amide bonds. The average molecular weight is 329 g/mol. The Bertz CT molecular complexity index is 419. The maximum Gasteiger partial charge on any atom is 0.0931 e. The number of halogens is 1. The van der Waals surface area contributed by atoms with Crippen LogP contribution in [0.3, 0.4) is 0 Å². The fourth-order valence-corrected chi connectivity index (χ4v) is 4.63. The van der Waals surface area contributed by atoms with Crippen LogP contribution in [0, 0.1) is 11.8 Å². The molecule has 0 saturated heterocycles. The van der Waals surface area contributed by atoms with Crippen molar-refractivity contribution < 1.29 is 0 Å². The van der Waals surface area contributed by atoms with Crippen molar-refractivity contribution in [1.29, 1.82) is 0 Å². The van der Waals surface area contributed by atoms with E-state index < -0.39 is 0 Å². The third kappa shape index (κ3) is 5.55. The molecular weight excluding hydrogens is 300 g/mol. The maximum atomic E-state index is 6.03. The van der Waals surface area contributed by atoms with Crippen LogP contribution in [-0.4, -0.2) is 31.1 Å². The van der Waals surface area contributed by atoms with Gasteiger partial charge < -0.3 is 10.2 Å². The molecule has 1 aliphatic rings. The topological polar surface area (TPSA) is 15.3 Å². The minimum Gasteiger partial charge on any atom is -0.314 e. The second-order valence-corrected chi connectivity index (χ2v) is 8.44. The lowest BCUT2D eigenvalue weighted by Gasteiger charge is -2.37. The molecule has 120 valence electrons. The maximum absolute atomic E-state index is 6.03. The van der Waals surface area contributed by atoms with Crippen molar-refractivity contribution in [3.05, 3.63) is 21.3 Å². The Balaban J connectivity index is 1.87. The van der Waals surface area contributed by atoms with Gasteiger partial charge in [0.05, 0.1) is 4.34 Å². The van der Waals surface area contributed by atoms with Crippen LogP contribution < -0.4 is 5.32 Å². The van der Waals surface area contributed by atoms with Crippen LogP contribution >= 0.6 is 22.9 Å². The zero-order valence-electron chi connectivity index (χ0n) is 13.6. The fourth-order valence-electron chi connectivity index (χ4n) is 3.47. The van der Waals surface area contributed by atoms with E-state index in [0.717, 1.165) is 29.3 Å². The number of hydrogen-bond donors (Lipinski definition) is 1. The first-order chi connectivity index (χ1) is 10.1. The van der Waals surface area contributed by atoms with E-state index in [2.05, 4.69) is 37.2 Å². The van der Waals surface area contributed by atoms with Crippen molar-refractivity contribution in [2.45, 2.75) is 52.1 Å². The normalized spacial score (nSPS) is 26.4. The van der Waals surface area contributed by atoms with E-state index >= 15 is 0 Å². The van der Waals surface area contributed by atoms with Crippen molar-refractivity contribution in [3.8, 4) is 0 Å². The second kappa shape index (κ2) is 8.52. The largest absolute Gasteiger partial charge is 0.314 e. The van der Waals surface area contributed by atoms with Crippen LogP contribution in [-0.2, 0) is 6.54 Å². The van der Waals surface area contributed by atoms with E-state index in [1.165, 1.54) is 37.1 Å².